The van der Waals surface area contributed by atoms with Crippen molar-refractivity contribution in [3.63, 3.8) is 0 Å². The van der Waals surface area contributed by atoms with Crippen LogP contribution >= 0.6 is 0 Å². The second kappa shape index (κ2) is 8.33. The molecule has 2 aromatic heterocycles. The predicted octanol–water partition coefficient (Wildman–Crippen LogP) is 1.94. The third-order valence-electron chi connectivity index (χ3n) is 5.69. The van der Waals surface area contributed by atoms with Crippen LogP contribution in [0.3, 0.4) is 0 Å². The van der Waals surface area contributed by atoms with E-state index in [-0.39, 0.29) is 18.0 Å². The van der Waals surface area contributed by atoms with Gasteiger partial charge in [0.05, 0.1) is 17.0 Å². The highest BCUT2D eigenvalue weighted by atomic mass is 19.1. The fourth-order valence-corrected chi connectivity index (χ4v) is 4.04. The molecule has 1 aromatic carbocycles. The molecular formula is C23H22FN5O3. The molecule has 0 saturated carbocycles. The van der Waals surface area contributed by atoms with E-state index in [1.807, 2.05) is 0 Å². The molecule has 0 radical (unpaired) electrons. The number of rotatable bonds is 3. The van der Waals surface area contributed by atoms with Gasteiger partial charge in [-0.2, -0.15) is 0 Å². The van der Waals surface area contributed by atoms with Gasteiger partial charge in [0.25, 0.3) is 17.4 Å². The standard InChI is InChI=1S/C23H22FN5O3/c1-13-19(14(2)27-12-26-13)22(31)28-9-8-18-15(10-28)11-29(17-6-4-16(24)5-7-17)23(32)20(18)21(30)25-3/h4-7,11-12H,8-10H2,1-3H3,(H,25,30). The summed E-state index contributed by atoms with van der Waals surface area (Å²) < 4.78 is 14.7. The second-order valence-corrected chi connectivity index (χ2v) is 7.63. The minimum atomic E-state index is -0.495. The number of carbonyl (C=O) groups excluding carboxylic acids is 2. The van der Waals surface area contributed by atoms with Crippen molar-refractivity contribution in [3.05, 3.63) is 86.6 Å². The largest absolute Gasteiger partial charge is 0.355 e. The number of benzene rings is 1. The maximum Gasteiger partial charge on any atom is 0.268 e. The Balaban J connectivity index is 1.81. The molecule has 0 aliphatic carbocycles. The normalized spacial score (nSPS) is 12.9. The van der Waals surface area contributed by atoms with Crippen molar-refractivity contribution in [2.24, 2.45) is 0 Å². The van der Waals surface area contributed by atoms with Gasteiger partial charge in [0, 0.05) is 32.0 Å². The van der Waals surface area contributed by atoms with E-state index in [4.69, 9.17) is 0 Å². The average molecular weight is 435 g/mol. The highest BCUT2D eigenvalue weighted by molar-refractivity contribution is 5.97. The maximum absolute atomic E-state index is 13.4. The summed E-state index contributed by atoms with van der Waals surface area (Å²) in [7, 11) is 1.46. The molecule has 0 unspecified atom stereocenters. The highest BCUT2D eigenvalue weighted by Crippen LogP contribution is 2.24. The molecule has 0 spiro atoms. The third kappa shape index (κ3) is 3.66. The van der Waals surface area contributed by atoms with E-state index < -0.39 is 17.3 Å². The van der Waals surface area contributed by atoms with Crippen molar-refractivity contribution in [1.29, 1.82) is 0 Å². The van der Waals surface area contributed by atoms with E-state index in [1.54, 1.807) is 24.9 Å². The van der Waals surface area contributed by atoms with E-state index in [9.17, 15) is 18.8 Å². The number of aryl methyl sites for hydroxylation is 2. The molecule has 2 amide bonds. The van der Waals surface area contributed by atoms with Crippen LogP contribution in [0.2, 0.25) is 0 Å². The zero-order valence-corrected chi connectivity index (χ0v) is 18.0. The maximum atomic E-state index is 13.4. The lowest BCUT2D eigenvalue weighted by Crippen LogP contribution is -2.41. The van der Waals surface area contributed by atoms with E-state index in [0.29, 0.717) is 46.7 Å². The van der Waals surface area contributed by atoms with E-state index in [2.05, 4.69) is 15.3 Å². The average Bonchev–Trinajstić information content (AvgIpc) is 2.78. The zero-order chi connectivity index (χ0) is 23.0. The van der Waals surface area contributed by atoms with Crippen molar-refractivity contribution in [3.8, 4) is 5.69 Å². The summed E-state index contributed by atoms with van der Waals surface area (Å²) in [5, 5.41) is 2.53. The summed E-state index contributed by atoms with van der Waals surface area (Å²) >= 11 is 0. The number of halogens is 1. The minimum absolute atomic E-state index is 0.0387. The minimum Gasteiger partial charge on any atom is -0.355 e. The Hall–Kier alpha value is -3.88. The molecule has 164 valence electrons. The lowest BCUT2D eigenvalue weighted by Gasteiger charge is -2.31. The van der Waals surface area contributed by atoms with Crippen molar-refractivity contribution in [2.45, 2.75) is 26.8 Å². The summed E-state index contributed by atoms with van der Waals surface area (Å²) in [4.78, 5) is 48.9. The Bertz CT molecular complexity index is 1260. The van der Waals surface area contributed by atoms with Crippen LogP contribution in [0.25, 0.3) is 5.69 Å². The summed E-state index contributed by atoms with van der Waals surface area (Å²) in [6.45, 7) is 4.09. The van der Waals surface area contributed by atoms with Crippen LogP contribution in [0.15, 0.2) is 41.6 Å². The molecule has 3 aromatic rings. The van der Waals surface area contributed by atoms with Crippen LogP contribution < -0.4 is 10.9 Å². The number of carbonyl (C=O) groups is 2. The van der Waals surface area contributed by atoms with Gasteiger partial charge in [-0.15, -0.1) is 0 Å². The van der Waals surface area contributed by atoms with E-state index in [0.717, 1.165) is 0 Å². The van der Waals surface area contributed by atoms with Gasteiger partial charge in [-0.25, -0.2) is 14.4 Å². The van der Waals surface area contributed by atoms with E-state index in [1.165, 1.54) is 42.2 Å². The Morgan fingerprint density at radius 3 is 2.34 bits per heavy atom. The number of nitrogens with zero attached hydrogens (tertiary/aromatic N) is 4. The molecule has 3 heterocycles. The summed E-state index contributed by atoms with van der Waals surface area (Å²) in [6.07, 6.45) is 3.40. The van der Waals surface area contributed by atoms with Crippen molar-refractivity contribution >= 4 is 11.8 Å². The second-order valence-electron chi connectivity index (χ2n) is 7.63. The smallest absolute Gasteiger partial charge is 0.268 e. The first-order valence-electron chi connectivity index (χ1n) is 10.1. The van der Waals surface area contributed by atoms with Gasteiger partial charge in [-0.1, -0.05) is 0 Å². The molecule has 8 nitrogen and oxygen atoms in total. The Kier molecular flexibility index (Phi) is 5.56. The Morgan fingerprint density at radius 2 is 1.72 bits per heavy atom. The number of pyridine rings is 1. The molecule has 0 saturated heterocycles. The molecule has 1 aliphatic rings. The molecule has 9 heteroatoms. The van der Waals surface area contributed by atoms with Crippen LogP contribution in [-0.4, -0.2) is 44.8 Å². The number of amides is 2. The fourth-order valence-electron chi connectivity index (χ4n) is 4.04. The lowest BCUT2D eigenvalue weighted by molar-refractivity contribution is 0.0731. The molecule has 1 aliphatic heterocycles. The monoisotopic (exact) mass is 435 g/mol. The van der Waals surface area contributed by atoms with E-state index >= 15 is 0 Å². The SMILES string of the molecule is CNC(=O)c1c2c(cn(-c3ccc(F)cc3)c1=O)CN(C(=O)c1c(C)ncnc1C)CC2. The fraction of sp³-hybridized carbons (Fsp3) is 0.261. The van der Waals surface area contributed by atoms with Crippen LogP contribution in [0.5, 0.6) is 0 Å². The third-order valence-corrected chi connectivity index (χ3v) is 5.69. The number of hydrogen-bond acceptors (Lipinski definition) is 5. The molecule has 1 N–H and O–H groups in total. The van der Waals surface area contributed by atoms with Gasteiger partial charge in [0.15, 0.2) is 0 Å². The number of hydrogen-bond donors (Lipinski definition) is 1. The zero-order valence-electron chi connectivity index (χ0n) is 18.0. The molecule has 4 rings (SSSR count). The van der Waals surface area contributed by atoms with Gasteiger partial charge >= 0.3 is 0 Å². The van der Waals surface area contributed by atoms with Gasteiger partial charge in [-0.3, -0.25) is 19.0 Å². The molecule has 32 heavy (non-hydrogen) atoms. The van der Waals surface area contributed by atoms with Crippen molar-refractivity contribution < 1.29 is 14.0 Å². The first-order chi connectivity index (χ1) is 15.3. The number of fused-ring (bicyclic) bond motifs is 1. The van der Waals surface area contributed by atoms with Gasteiger partial charge in [0.1, 0.15) is 17.7 Å². The summed E-state index contributed by atoms with van der Waals surface area (Å²) in [5.74, 6) is -1.13. The first-order valence-corrected chi connectivity index (χ1v) is 10.1. The predicted molar refractivity (Wildman–Crippen MR) is 115 cm³/mol. The van der Waals surface area contributed by atoms with Crippen LogP contribution in [0.1, 0.15) is 43.2 Å². The molecule has 0 fully saturated rings. The Morgan fingerprint density at radius 1 is 1.06 bits per heavy atom. The van der Waals surface area contributed by atoms with Crippen LogP contribution in [-0.2, 0) is 13.0 Å². The quantitative estimate of drug-likeness (QED) is 0.678. The lowest BCUT2D eigenvalue weighted by atomic mass is 9.95. The Labute approximate surface area is 183 Å². The van der Waals surface area contributed by atoms with Gasteiger partial charge < -0.3 is 10.2 Å². The first kappa shape index (κ1) is 21.4. The molecule has 0 atom stereocenters. The number of nitrogens with one attached hydrogen (secondary N) is 1. The highest BCUT2D eigenvalue weighted by Gasteiger charge is 2.29. The van der Waals surface area contributed by atoms with Gasteiger partial charge in [-0.05, 0) is 55.7 Å². The molecular weight excluding hydrogens is 413 g/mol. The number of aromatic nitrogens is 3. The summed E-state index contributed by atoms with van der Waals surface area (Å²) in [6, 6.07) is 5.43. The van der Waals surface area contributed by atoms with Crippen molar-refractivity contribution in [2.75, 3.05) is 13.6 Å². The van der Waals surface area contributed by atoms with Crippen LogP contribution in [0.4, 0.5) is 4.39 Å². The summed E-state index contributed by atoms with van der Waals surface area (Å²) in [5.41, 5.74) is 2.92. The topological polar surface area (TPSA) is 97.2 Å². The molecule has 0 bridgehead atoms. The van der Waals surface area contributed by atoms with Crippen LogP contribution in [0, 0.1) is 19.7 Å². The van der Waals surface area contributed by atoms with Gasteiger partial charge in [0.2, 0.25) is 0 Å². The van der Waals surface area contributed by atoms with Crippen molar-refractivity contribution in [1.82, 2.24) is 24.8 Å².